The van der Waals surface area contributed by atoms with E-state index >= 15 is 0 Å². The number of hydrogen-bond donors (Lipinski definition) is 2. The molecule has 0 unspecified atom stereocenters. The maximum absolute atomic E-state index is 4.15. The van der Waals surface area contributed by atoms with Crippen molar-refractivity contribution in [2.24, 2.45) is 0 Å². The van der Waals surface area contributed by atoms with Gasteiger partial charge in [0.15, 0.2) is 0 Å². The molecule has 0 spiro atoms. The van der Waals surface area contributed by atoms with E-state index in [-0.39, 0.29) is 0 Å². The molecule has 0 amide bonds. The molecular weight excluding hydrogens is 176 g/mol. The molecule has 4 heteroatoms. The molecule has 0 saturated heterocycles. The molecule has 14 heavy (non-hydrogen) atoms. The lowest BCUT2D eigenvalue weighted by atomic mass is 10.2. The van der Waals surface area contributed by atoms with Crippen LogP contribution in [-0.2, 0) is 6.54 Å². The number of rotatable bonds is 5. The van der Waals surface area contributed by atoms with Gasteiger partial charge in [0.2, 0.25) is 0 Å². The first-order valence-electron chi connectivity index (χ1n) is 4.97. The molecule has 4 nitrogen and oxygen atoms in total. The Morgan fingerprint density at radius 3 is 2.57 bits per heavy atom. The maximum Gasteiger partial charge on any atom is 0.0638 e. The third kappa shape index (κ3) is 3.12. The van der Waals surface area contributed by atoms with Crippen molar-refractivity contribution in [2.45, 2.75) is 20.4 Å². The molecule has 1 rings (SSSR count). The predicted octanol–water partition coefficient (Wildman–Crippen LogP) is 0.678. The molecule has 80 valence electrons. The van der Waals surface area contributed by atoms with E-state index in [2.05, 4.69) is 41.4 Å². The van der Waals surface area contributed by atoms with Gasteiger partial charge in [-0.15, -0.1) is 0 Å². The summed E-state index contributed by atoms with van der Waals surface area (Å²) in [5.74, 6) is 0. The smallest absolute Gasteiger partial charge is 0.0638 e. The zero-order valence-corrected chi connectivity index (χ0v) is 9.52. The second-order valence-electron chi connectivity index (χ2n) is 3.89. The van der Waals surface area contributed by atoms with E-state index in [0.717, 1.165) is 25.3 Å². The number of nitrogens with one attached hydrogen (secondary N) is 2. The highest BCUT2D eigenvalue weighted by atomic mass is 15.1. The lowest BCUT2D eigenvalue weighted by Crippen LogP contribution is -2.26. The third-order valence-corrected chi connectivity index (χ3v) is 2.32. The highest BCUT2D eigenvalue weighted by Gasteiger charge is 2.04. The van der Waals surface area contributed by atoms with Crippen LogP contribution in [0.5, 0.6) is 0 Å². The molecule has 1 heterocycles. The van der Waals surface area contributed by atoms with Gasteiger partial charge in [-0.05, 0) is 27.9 Å². The normalized spacial score (nSPS) is 11.2. The minimum absolute atomic E-state index is 0.905. The second-order valence-corrected chi connectivity index (χ2v) is 3.89. The number of likely N-dealkylation sites (N-methyl/N-ethyl adjacent to an activating group) is 1. The first-order valence-corrected chi connectivity index (χ1v) is 4.97. The summed E-state index contributed by atoms with van der Waals surface area (Å²) in [5, 5.41) is 10.5. The molecule has 0 saturated carbocycles. The lowest BCUT2D eigenvalue weighted by molar-refractivity contribution is 0.400. The van der Waals surface area contributed by atoms with Crippen LogP contribution in [0.15, 0.2) is 0 Å². The fourth-order valence-corrected chi connectivity index (χ4v) is 1.35. The van der Waals surface area contributed by atoms with E-state index in [0.29, 0.717) is 0 Å². The fraction of sp³-hybridized carbons (Fsp3) is 0.700. The Bertz CT molecular complexity index is 258. The highest BCUT2D eigenvalue weighted by Crippen LogP contribution is 2.07. The topological polar surface area (TPSA) is 44.0 Å². The van der Waals surface area contributed by atoms with Gasteiger partial charge in [-0.25, -0.2) is 0 Å². The van der Waals surface area contributed by atoms with Crippen LogP contribution in [-0.4, -0.2) is 42.3 Å². The Kier molecular flexibility index (Phi) is 4.10. The van der Waals surface area contributed by atoms with Crippen molar-refractivity contribution in [1.82, 2.24) is 20.4 Å². The number of H-pyrrole nitrogens is 1. The Morgan fingerprint density at radius 2 is 2.07 bits per heavy atom. The summed E-state index contributed by atoms with van der Waals surface area (Å²) in [7, 11) is 4.16. The summed E-state index contributed by atoms with van der Waals surface area (Å²) in [6.07, 6.45) is 0. The lowest BCUT2D eigenvalue weighted by Gasteiger charge is -2.10. The molecule has 0 aliphatic carbocycles. The van der Waals surface area contributed by atoms with Crippen molar-refractivity contribution in [2.75, 3.05) is 27.2 Å². The zero-order chi connectivity index (χ0) is 10.6. The summed E-state index contributed by atoms with van der Waals surface area (Å²) in [5.41, 5.74) is 3.56. The van der Waals surface area contributed by atoms with Gasteiger partial charge < -0.3 is 10.2 Å². The van der Waals surface area contributed by atoms with E-state index in [1.807, 2.05) is 6.92 Å². The number of nitrogens with zero attached hydrogens (tertiary/aromatic N) is 2. The Morgan fingerprint density at radius 1 is 1.36 bits per heavy atom. The molecule has 1 aromatic heterocycles. The van der Waals surface area contributed by atoms with Gasteiger partial charge >= 0.3 is 0 Å². The first kappa shape index (κ1) is 11.2. The van der Waals surface area contributed by atoms with Crippen LogP contribution in [0.2, 0.25) is 0 Å². The van der Waals surface area contributed by atoms with Crippen molar-refractivity contribution in [3.05, 3.63) is 17.0 Å². The average molecular weight is 196 g/mol. The number of aromatic amines is 1. The molecule has 1 aromatic rings. The van der Waals surface area contributed by atoms with Crippen LogP contribution in [0.3, 0.4) is 0 Å². The number of aryl methyl sites for hydroxylation is 2. The second kappa shape index (κ2) is 5.12. The van der Waals surface area contributed by atoms with Gasteiger partial charge in [-0.2, -0.15) is 5.10 Å². The quantitative estimate of drug-likeness (QED) is 0.681. The highest BCUT2D eigenvalue weighted by molar-refractivity contribution is 5.22. The van der Waals surface area contributed by atoms with Crippen LogP contribution >= 0.6 is 0 Å². The summed E-state index contributed by atoms with van der Waals surface area (Å²) in [6, 6.07) is 0. The molecule has 2 N–H and O–H groups in total. The van der Waals surface area contributed by atoms with Gasteiger partial charge in [0.25, 0.3) is 0 Å². The van der Waals surface area contributed by atoms with Gasteiger partial charge in [0.05, 0.1) is 5.69 Å². The molecule has 0 aliphatic heterocycles. The molecule has 0 aromatic carbocycles. The SMILES string of the molecule is Cc1n[nH]c(C)c1CNCCN(C)C. The molecule has 0 aliphatic rings. The van der Waals surface area contributed by atoms with Crippen molar-refractivity contribution < 1.29 is 0 Å². The molecular formula is C10H20N4. The van der Waals surface area contributed by atoms with Gasteiger partial charge in [-0.3, -0.25) is 5.10 Å². The maximum atomic E-state index is 4.15. The number of hydrogen-bond acceptors (Lipinski definition) is 3. The minimum Gasteiger partial charge on any atom is -0.311 e. The monoisotopic (exact) mass is 196 g/mol. The molecule has 0 atom stereocenters. The van der Waals surface area contributed by atoms with Gasteiger partial charge in [0, 0.05) is 30.9 Å². The Labute approximate surface area is 85.7 Å². The van der Waals surface area contributed by atoms with Crippen LogP contribution in [0.1, 0.15) is 17.0 Å². The predicted molar refractivity (Wildman–Crippen MR) is 58.3 cm³/mol. The summed E-state index contributed by atoms with van der Waals surface area (Å²) < 4.78 is 0. The number of aromatic nitrogens is 2. The van der Waals surface area contributed by atoms with Gasteiger partial charge in [0.1, 0.15) is 0 Å². The summed E-state index contributed by atoms with van der Waals surface area (Å²) in [6.45, 7) is 7.07. The standard InChI is InChI=1S/C10H20N4/c1-8-10(9(2)13-12-8)7-11-5-6-14(3)4/h11H,5-7H2,1-4H3,(H,12,13). The van der Waals surface area contributed by atoms with E-state index in [9.17, 15) is 0 Å². The molecule has 0 fully saturated rings. The van der Waals surface area contributed by atoms with Crippen molar-refractivity contribution >= 4 is 0 Å². The first-order chi connectivity index (χ1) is 6.61. The fourth-order valence-electron chi connectivity index (χ4n) is 1.35. The van der Waals surface area contributed by atoms with E-state index < -0.39 is 0 Å². The van der Waals surface area contributed by atoms with Gasteiger partial charge in [-0.1, -0.05) is 0 Å². The van der Waals surface area contributed by atoms with Crippen LogP contribution in [0, 0.1) is 13.8 Å². The van der Waals surface area contributed by atoms with E-state index in [1.165, 1.54) is 11.3 Å². The van der Waals surface area contributed by atoms with Crippen molar-refractivity contribution in [3.8, 4) is 0 Å². The Hall–Kier alpha value is -0.870. The minimum atomic E-state index is 0.905. The summed E-state index contributed by atoms with van der Waals surface area (Å²) >= 11 is 0. The van der Waals surface area contributed by atoms with Crippen LogP contribution < -0.4 is 5.32 Å². The van der Waals surface area contributed by atoms with E-state index in [1.54, 1.807) is 0 Å². The average Bonchev–Trinajstić information content (AvgIpc) is 2.42. The van der Waals surface area contributed by atoms with Crippen LogP contribution in [0.4, 0.5) is 0 Å². The van der Waals surface area contributed by atoms with Crippen molar-refractivity contribution in [1.29, 1.82) is 0 Å². The summed E-state index contributed by atoms with van der Waals surface area (Å²) in [4.78, 5) is 2.17. The molecule has 0 bridgehead atoms. The zero-order valence-electron chi connectivity index (χ0n) is 9.52. The molecule has 0 radical (unpaired) electrons. The Balaban J connectivity index is 2.31. The van der Waals surface area contributed by atoms with Crippen LogP contribution in [0.25, 0.3) is 0 Å². The largest absolute Gasteiger partial charge is 0.311 e. The van der Waals surface area contributed by atoms with Crippen molar-refractivity contribution in [3.63, 3.8) is 0 Å². The van der Waals surface area contributed by atoms with E-state index in [4.69, 9.17) is 0 Å². The third-order valence-electron chi connectivity index (χ3n) is 2.32.